The minimum atomic E-state index is -0.894. The summed E-state index contributed by atoms with van der Waals surface area (Å²) in [5.74, 6) is -0.116. The average Bonchev–Trinajstić information content (AvgIpc) is 2.72. The van der Waals surface area contributed by atoms with Crippen LogP contribution in [0.2, 0.25) is 5.02 Å². The molecule has 0 fully saturated rings. The zero-order chi connectivity index (χ0) is 12.4. The summed E-state index contributed by atoms with van der Waals surface area (Å²) in [7, 11) is 0. The second-order valence-electron chi connectivity index (χ2n) is 3.57. The molecule has 0 radical (unpaired) electrons. The first-order chi connectivity index (χ1) is 8.08. The number of rotatable bonds is 3. The van der Waals surface area contributed by atoms with Crippen molar-refractivity contribution in [2.75, 3.05) is 0 Å². The number of aliphatic hydroxyl groups is 1. The first-order valence-corrected chi connectivity index (χ1v) is 6.11. The predicted octanol–water partition coefficient (Wildman–Crippen LogP) is 4.11. The van der Waals surface area contributed by atoms with E-state index in [2.05, 4.69) is 15.9 Å². The molecule has 0 aliphatic rings. The molecule has 1 aromatic carbocycles. The quantitative estimate of drug-likeness (QED) is 0.923. The fraction of sp³-hybridized carbons (Fsp3) is 0.167. The number of hydrogen-bond donors (Lipinski definition) is 1. The van der Waals surface area contributed by atoms with Gasteiger partial charge >= 0.3 is 0 Å². The standard InChI is InChI=1S/C12H9BrClFO2/c13-11-5-4-10(17-11)9(16)6-7-2-1-3-8(14)12(7)15/h1-5,9,16H,6H2. The summed E-state index contributed by atoms with van der Waals surface area (Å²) in [5.41, 5.74) is 0.359. The number of hydrogen-bond acceptors (Lipinski definition) is 2. The van der Waals surface area contributed by atoms with Gasteiger partial charge in [0.2, 0.25) is 0 Å². The Kier molecular flexibility index (Phi) is 3.86. The summed E-state index contributed by atoms with van der Waals surface area (Å²) >= 11 is 8.80. The van der Waals surface area contributed by atoms with Gasteiger partial charge in [0.25, 0.3) is 0 Å². The molecule has 1 atom stereocenters. The van der Waals surface area contributed by atoms with Crippen molar-refractivity contribution in [3.8, 4) is 0 Å². The molecule has 0 saturated heterocycles. The van der Waals surface area contributed by atoms with E-state index in [4.69, 9.17) is 16.0 Å². The maximum atomic E-state index is 13.6. The van der Waals surface area contributed by atoms with Crippen LogP contribution in [-0.2, 0) is 6.42 Å². The van der Waals surface area contributed by atoms with Gasteiger partial charge in [-0.3, -0.25) is 0 Å². The zero-order valence-corrected chi connectivity index (χ0v) is 11.0. The van der Waals surface area contributed by atoms with Crippen molar-refractivity contribution < 1.29 is 13.9 Å². The van der Waals surface area contributed by atoms with Gasteiger partial charge in [0, 0.05) is 6.42 Å². The highest BCUT2D eigenvalue weighted by Crippen LogP contribution is 2.26. The maximum absolute atomic E-state index is 13.6. The molecule has 17 heavy (non-hydrogen) atoms. The molecule has 0 amide bonds. The Morgan fingerprint density at radius 1 is 1.35 bits per heavy atom. The molecule has 5 heteroatoms. The van der Waals surface area contributed by atoms with Gasteiger partial charge < -0.3 is 9.52 Å². The van der Waals surface area contributed by atoms with Gasteiger partial charge in [0.1, 0.15) is 17.7 Å². The lowest BCUT2D eigenvalue weighted by atomic mass is 10.1. The van der Waals surface area contributed by atoms with Crippen LogP contribution in [0.4, 0.5) is 4.39 Å². The van der Waals surface area contributed by atoms with Crippen molar-refractivity contribution in [2.24, 2.45) is 0 Å². The average molecular weight is 320 g/mol. The monoisotopic (exact) mass is 318 g/mol. The van der Waals surface area contributed by atoms with Gasteiger partial charge in [-0.25, -0.2) is 4.39 Å². The van der Waals surface area contributed by atoms with E-state index in [0.29, 0.717) is 16.0 Å². The van der Waals surface area contributed by atoms with E-state index in [1.54, 1.807) is 24.3 Å². The van der Waals surface area contributed by atoms with Crippen LogP contribution in [0.3, 0.4) is 0 Å². The van der Waals surface area contributed by atoms with Crippen molar-refractivity contribution in [3.05, 3.63) is 57.2 Å². The van der Waals surface area contributed by atoms with Gasteiger partial charge in [-0.2, -0.15) is 0 Å². The highest BCUT2D eigenvalue weighted by Gasteiger charge is 2.16. The maximum Gasteiger partial charge on any atom is 0.169 e. The molecule has 1 unspecified atom stereocenters. The first kappa shape index (κ1) is 12.6. The first-order valence-electron chi connectivity index (χ1n) is 4.94. The number of halogens is 3. The second kappa shape index (κ2) is 5.21. The molecular weight excluding hydrogens is 310 g/mol. The van der Waals surface area contributed by atoms with Crippen LogP contribution >= 0.6 is 27.5 Å². The minimum Gasteiger partial charge on any atom is -0.452 e. The van der Waals surface area contributed by atoms with E-state index in [1.165, 1.54) is 6.07 Å². The Bertz CT molecular complexity index is 527. The van der Waals surface area contributed by atoms with Gasteiger partial charge in [-0.05, 0) is 39.7 Å². The summed E-state index contributed by atoms with van der Waals surface area (Å²) in [6.07, 6.45) is -0.777. The smallest absolute Gasteiger partial charge is 0.169 e. The van der Waals surface area contributed by atoms with Crippen LogP contribution in [0.1, 0.15) is 17.4 Å². The number of furan rings is 1. The fourth-order valence-electron chi connectivity index (χ4n) is 1.52. The lowest BCUT2D eigenvalue weighted by Crippen LogP contribution is -2.02. The molecule has 0 saturated carbocycles. The summed E-state index contributed by atoms with van der Waals surface area (Å²) in [6.45, 7) is 0. The van der Waals surface area contributed by atoms with Crippen molar-refractivity contribution in [1.82, 2.24) is 0 Å². The van der Waals surface area contributed by atoms with Crippen molar-refractivity contribution in [2.45, 2.75) is 12.5 Å². The van der Waals surface area contributed by atoms with Crippen molar-refractivity contribution >= 4 is 27.5 Å². The van der Waals surface area contributed by atoms with Gasteiger partial charge in [-0.1, -0.05) is 23.7 Å². The van der Waals surface area contributed by atoms with E-state index < -0.39 is 11.9 Å². The van der Waals surface area contributed by atoms with Gasteiger partial charge in [0.05, 0.1) is 5.02 Å². The van der Waals surface area contributed by atoms with E-state index >= 15 is 0 Å². The minimum absolute atomic E-state index is 0.0512. The topological polar surface area (TPSA) is 33.4 Å². The lowest BCUT2D eigenvalue weighted by molar-refractivity contribution is 0.147. The zero-order valence-electron chi connectivity index (χ0n) is 8.66. The molecule has 90 valence electrons. The molecule has 0 aliphatic carbocycles. The van der Waals surface area contributed by atoms with E-state index in [1.807, 2.05) is 0 Å². The molecule has 1 heterocycles. The van der Waals surface area contributed by atoms with E-state index in [9.17, 15) is 9.50 Å². The Morgan fingerprint density at radius 2 is 2.12 bits per heavy atom. The summed E-state index contributed by atoms with van der Waals surface area (Å²) < 4.78 is 19.3. The third-order valence-corrected chi connectivity index (χ3v) is 3.09. The normalized spacial score (nSPS) is 12.7. The van der Waals surface area contributed by atoms with Crippen LogP contribution in [0.25, 0.3) is 0 Å². The molecule has 0 spiro atoms. The molecule has 0 bridgehead atoms. The molecule has 1 N–H and O–H groups in total. The Balaban J connectivity index is 2.18. The van der Waals surface area contributed by atoms with Crippen LogP contribution in [0.5, 0.6) is 0 Å². The molecular formula is C12H9BrClFO2. The highest BCUT2D eigenvalue weighted by molar-refractivity contribution is 9.10. The molecule has 0 aliphatic heterocycles. The molecule has 2 nitrogen and oxygen atoms in total. The van der Waals surface area contributed by atoms with Gasteiger partial charge in [0.15, 0.2) is 4.67 Å². The highest BCUT2D eigenvalue weighted by atomic mass is 79.9. The van der Waals surface area contributed by atoms with Crippen LogP contribution < -0.4 is 0 Å². The molecule has 2 rings (SSSR count). The summed E-state index contributed by atoms with van der Waals surface area (Å²) in [6, 6.07) is 8.01. The van der Waals surface area contributed by atoms with Crippen molar-refractivity contribution in [1.29, 1.82) is 0 Å². The number of benzene rings is 1. The van der Waals surface area contributed by atoms with Crippen LogP contribution in [-0.4, -0.2) is 5.11 Å². The molecule has 2 aromatic rings. The Hall–Kier alpha value is -0.840. The summed E-state index contributed by atoms with van der Waals surface area (Å²) in [4.78, 5) is 0. The largest absolute Gasteiger partial charge is 0.452 e. The van der Waals surface area contributed by atoms with Crippen LogP contribution in [0.15, 0.2) is 39.4 Å². The van der Waals surface area contributed by atoms with Gasteiger partial charge in [-0.15, -0.1) is 0 Å². The SMILES string of the molecule is OC(Cc1cccc(Cl)c1F)c1ccc(Br)o1. The third-order valence-electron chi connectivity index (χ3n) is 2.37. The Labute approximate surface area is 111 Å². The molecule has 1 aromatic heterocycles. The lowest BCUT2D eigenvalue weighted by Gasteiger charge is -2.09. The van der Waals surface area contributed by atoms with E-state index in [0.717, 1.165) is 0 Å². The predicted molar refractivity (Wildman–Crippen MR) is 66.5 cm³/mol. The third kappa shape index (κ3) is 2.89. The second-order valence-corrected chi connectivity index (χ2v) is 4.76. The Morgan fingerprint density at radius 3 is 2.76 bits per heavy atom. The van der Waals surface area contributed by atoms with Crippen LogP contribution in [0, 0.1) is 5.82 Å². The van der Waals surface area contributed by atoms with Crippen molar-refractivity contribution in [3.63, 3.8) is 0 Å². The summed E-state index contributed by atoms with van der Waals surface area (Å²) in [5, 5.41) is 9.93. The fourth-order valence-corrected chi connectivity index (χ4v) is 2.04. The number of aliphatic hydroxyl groups excluding tert-OH is 1. The van der Waals surface area contributed by atoms with E-state index in [-0.39, 0.29) is 11.4 Å².